The number of aromatic nitrogens is 3. The summed E-state index contributed by atoms with van der Waals surface area (Å²) in [6.07, 6.45) is 1.08. The molecule has 7 heteroatoms. The number of non-ortho nitro benzene ring substituents is 1. The first kappa shape index (κ1) is 15.8. The number of halogens is 1. The number of nitro benzene ring substituents is 1. The molecule has 0 spiro atoms. The van der Waals surface area contributed by atoms with Gasteiger partial charge in [0.25, 0.3) is 5.69 Å². The lowest BCUT2D eigenvalue weighted by molar-refractivity contribution is -0.384. The summed E-state index contributed by atoms with van der Waals surface area (Å²) in [4.78, 5) is 10.3. The molecule has 0 aliphatic rings. The molecule has 24 heavy (non-hydrogen) atoms. The van der Waals surface area contributed by atoms with Crippen molar-refractivity contribution in [1.82, 2.24) is 14.8 Å². The molecule has 6 nitrogen and oxygen atoms in total. The molecule has 3 rings (SSSR count). The van der Waals surface area contributed by atoms with Crippen LogP contribution in [0.4, 0.5) is 10.1 Å². The van der Waals surface area contributed by atoms with Crippen LogP contribution in [0.15, 0.2) is 48.5 Å². The van der Waals surface area contributed by atoms with Gasteiger partial charge in [-0.3, -0.25) is 10.1 Å². The second kappa shape index (κ2) is 6.57. The molecule has 0 saturated heterocycles. The molecule has 1 heterocycles. The van der Waals surface area contributed by atoms with Crippen LogP contribution in [0, 0.1) is 15.9 Å². The van der Waals surface area contributed by atoms with Crippen molar-refractivity contribution in [2.45, 2.75) is 12.8 Å². The molecule has 122 valence electrons. The van der Waals surface area contributed by atoms with Gasteiger partial charge in [-0.25, -0.2) is 4.39 Å². The predicted octanol–water partition coefficient (Wildman–Crippen LogP) is 3.31. The van der Waals surface area contributed by atoms with Gasteiger partial charge in [0.05, 0.1) is 4.92 Å². The minimum absolute atomic E-state index is 0.0284. The summed E-state index contributed by atoms with van der Waals surface area (Å²) in [7, 11) is 1.83. The molecule has 0 amide bonds. The number of benzene rings is 2. The Morgan fingerprint density at radius 2 is 1.79 bits per heavy atom. The van der Waals surface area contributed by atoms with Crippen LogP contribution in [0.2, 0.25) is 0 Å². The van der Waals surface area contributed by atoms with Crippen molar-refractivity contribution < 1.29 is 9.31 Å². The van der Waals surface area contributed by atoms with Gasteiger partial charge < -0.3 is 4.57 Å². The van der Waals surface area contributed by atoms with Crippen LogP contribution in [0.1, 0.15) is 11.4 Å². The fraction of sp³-hybridized carbons (Fsp3) is 0.176. The van der Waals surface area contributed by atoms with E-state index in [0.29, 0.717) is 24.2 Å². The molecule has 0 radical (unpaired) electrons. The summed E-state index contributed by atoms with van der Waals surface area (Å²) in [5, 5.41) is 19.0. The van der Waals surface area contributed by atoms with Gasteiger partial charge in [-0.1, -0.05) is 18.2 Å². The third kappa shape index (κ3) is 3.15. The molecule has 0 fully saturated rings. The summed E-state index contributed by atoms with van der Waals surface area (Å²) < 4.78 is 15.5. The first-order valence-corrected chi connectivity index (χ1v) is 7.43. The summed E-state index contributed by atoms with van der Waals surface area (Å²) in [6, 6.07) is 12.8. The molecule has 2 aromatic carbocycles. The molecule has 0 unspecified atom stereocenters. The average Bonchev–Trinajstić information content (AvgIpc) is 2.95. The van der Waals surface area contributed by atoms with Crippen LogP contribution in [0.3, 0.4) is 0 Å². The Bertz CT molecular complexity index is 875. The van der Waals surface area contributed by atoms with Gasteiger partial charge in [-0.2, -0.15) is 0 Å². The van der Waals surface area contributed by atoms with Crippen molar-refractivity contribution in [2.75, 3.05) is 0 Å². The summed E-state index contributed by atoms with van der Waals surface area (Å²) >= 11 is 0. The molecule has 0 aliphatic heterocycles. The van der Waals surface area contributed by atoms with Crippen molar-refractivity contribution >= 4 is 5.69 Å². The van der Waals surface area contributed by atoms with Gasteiger partial charge in [0.15, 0.2) is 5.82 Å². The lowest BCUT2D eigenvalue weighted by Gasteiger charge is -2.05. The number of nitrogens with zero attached hydrogens (tertiary/aromatic N) is 4. The second-order valence-corrected chi connectivity index (χ2v) is 5.39. The van der Waals surface area contributed by atoms with E-state index in [0.717, 1.165) is 11.4 Å². The third-order valence-electron chi connectivity index (χ3n) is 3.88. The number of hydrogen-bond donors (Lipinski definition) is 0. The molecule has 0 N–H and O–H groups in total. The van der Waals surface area contributed by atoms with Crippen molar-refractivity contribution in [2.24, 2.45) is 7.05 Å². The van der Waals surface area contributed by atoms with Gasteiger partial charge >= 0.3 is 0 Å². The Morgan fingerprint density at radius 1 is 1.08 bits per heavy atom. The predicted molar refractivity (Wildman–Crippen MR) is 86.9 cm³/mol. The zero-order valence-electron chi connectivity index (χ0n) is 13.0. The molecule has 0 saturated carbocycles. The maximum absolute atomic E-state index is 13.7. The number of aryl methyl sites for hydroxylation is 2. The van der Waals surface area contributed by atoms with Crippen LogP contribution in [0.5, 0.6) is 0 Å². The van der Waals surface area contributed by atoms with Gasteiger partial charge in [-0.15, -0.1) is 10.2 Å². The molecule has 3 aromatic rings. The zero-order valence-corrected chi connectivity index (χ0v) is 13.0. The van der Waals surface area contributed by atoms with E-state index in [-0.39, 0.29) is 11.5 Å². The van der Waals surface area contributed by atoms with E-state index in [9.17, 15) is 14.5 Å². The average molecular weight is 326 g/mol. The van der Waals surface area contributed by atoms with Gasteiger partial charge in [0.1, 0.15) is 11.6 Å². The zero-order chi connectivity index (χ0) is 17.1. The minimum atomic E-state index is -0.444. The first-order valence-electron chi connectivity index (χ1n) is 7.43. The van der Waals surface area contributed by atoms with Crippen LogP contribution >= 0.6 is 0 Å². The van der Waals surface area contributed by atoms with Crippen LogP contribution in [0.25, 0.3) is 11.4 Å². The Hall–Kier alpha value is -3.09. The van der Waals surface area contributed by atoms with Crippen molar-refractivity contribution in [3.63, 3.8) is 0 Å². The van der Waals surface area contributed by atoms with E-state index in [1.807, 2.05) is 11.6 Å². The van der Waals surface area contributed by atoms with Crippen molar-refractivity contribution in [3.05, 3.63) is 75.9 Å². The Labute approximate surface area is 137 Å². The van der Waals surface area contributed by atoms with Gasteiger partial charge in [-0.05, 0) is 30.2 Å². The van der Waals surface area contributed by atoms with Crippen molar-refractivity contribution in [1.29, 1.82) is 0 Å². The molecule has 0 bridgehead atoms. The summed E-state index contributed by atoms with van der Waals surface area (Å²) in [5.41, 5.74) is 1.41. The lowest BCUT2D eigenvalue weighted by Crippen LogP contribution is -2.03. The minimum Gasteiger partial charge on any atom is -0.314 e. The second-order valence-electron chi connectivity index (χ2n) is 5.39. The lowest BCUT2D eigenvalue weighted by atomic mass is 10.1. The monoisotopic (exact) mass is 326 g/mol. The number of nitro groups is 1. The normalized spacial score (nSPS) is 10.8. The fourth-order valence-corrected chi connectivity index (χ4v) is 2.51. The highest BCUT2D eigenvalue weighted by Gasteiger charge is 2.13. The largest absolute Gasteiger partial charge is 0.314 e. The number of rotatable bonds is 5. The fourth-order valence-electron chi connectivity index (χ4n) is 2.51. The van der Waals surface area contributed by atoms with Crippen LogP contribution in [-0.4, -0.2) is 19.7 Å². The summed E-state index contributed by atoms with van der Waals surface area (Å²) in [6.45, 7) is 0. The molecule has 0 atom stereocenters. The quantitative estimate of drug-likeness (QED) is 0.532. The maximum Gasteiger partial charge on any atom is 0.269 e. The smallest absolute Gasteiger partial charge is 0.269 e. The van der Waals surface area contributed by atoms with E-state index >= 15 is 0 Å². The molecule has 1 aromatic heterocycles. The maximum atomic E-state index is 13.7. The van der Waals surface area contributed by atoms with Gasteiger partial charge in [0, 0.05) is 31.2 Å². The van der Waals surface area contributed by atoms with Crippen LogP contribution in [-0.2, 0) is 19.9 Å². The molecular formula is C17H15FN4O2. The van der Waals surface area contributed by atoms with E-state index in [2.05, 4.69) is 10.2 Å². The Morgan fingerprint density at radius 3 is 2.46 bits per heavy atom. The Balaban J connectivity index is 1.78. The molecule has 0 aliphatic carbocycles. The SMILES string of the molecule is Cn1c(CCc2ccccc2F)nnc1-c1ccc([N+](=O)[O-])cc1. The van der Waals surface area contributed by atoms with E-state index in [1.54, 1.807) is 30.3 Å². The van der Waals surface area contributed by atoms with Gasteiger partial charge in [0.2, 0.25) is 0 Å². The highest BCUT2D eigenvalue weighted by molar-refractivity contribution is 5.57. The standard InChI is InChI=1S/C17H15FN4O2/c1-21-16(11-8-12-4-2-3-5-15(12)18)19-20-17(21)13-6-9-14(10-7-13)22(23)24/h2-7,9-10H,8,11H2,1H3. The highest BCUT2D eigenvalue weighted by atomic mass is 19.1. The first-order chi connectivity index (χ1) is 11.6. The Kier molecular flexibility index (Phi) is 4.33. The van der Waals surface area contributed by atoms with E-state index < -0.39 is 4.92 Å². The highest BCUT2D eigenvalue weighted by Crippen LogP contribution is 2.21. The third-order valence-corrected chi connectivity index (χ3v) is 3.88. The molecular weight excluding hydrogens is 311 g/mol. The van der Waals surface area contributed by atoms with E-state index in [4.69, 9.17) is 0 Å². The van der Waals surface area contributed by atoms with Crippen molar-refractivity contribution in [3.8, 4) is 11.4 Å². The number of hydrogen-bond acceptors (Lipinski definition) is 4. The van der Waals surface area contributed by atoms with E-state index in [1.165, 1.54) is 18.2 Å². The topological polar surface area (TPSA) is 73.8 Å². The van der Waals surface area contributed by atoms with Crippen LogP contribution < -0.4 is 0 Å². The summed E-state index contributed by atoms with van der Waals surface area (Å²) in [5.74, 6) is 1.12.